The third kappa shape index (κ3) is 8.37. The molecule has 0 unspecified atom stereocenters. The predicted molar refractivity (Wildman–Crippen MR) is 134 cm³/mol. The monoisotopic (exact) mass is 534 g/mol. The normalized spacial score (nSPS) is 15.3. The molecule has 8 heteroatoms. The van der Waals surface area contributed by atoms with Gasteiger partial charge in [-0.15, -0.1) is 24.0 Å². The summed E-state index contributed by atoms with van der Waals surface area (Å²) in [6.45, 7) is 10.2. The van der Waals surface area contributed by atoms with Crippen LogP contribution in [0.15, 0.2) is 17.1 Å². The summed E-state index contributed by atoms with van der Waals surface area (Å²) in [6, 6.07) is 3.76. The zero-order chi connectivity index (χ0) is 21.1. The van der Waals surface area contributed by atoms with Gasteiger partial charge in [0.25, 0.3) is 0 Å². The van der Waals surface area contributed by atoms with Crippen LogP contribution < -0.4 is 24.8 Å². The molecule has 0 radical (unpaired) electrons. The van der Waals surface area contributed by atoms with E-state index in [1.165, 1.54) is 25.9 Å². The molecule has 0 amide bonds. The fourth-order valence-electron chi connectivity index (χ4n) is 3.52. The number of benzene rings is 1. The first kappa shape index (κ1) is 26.6. The van der Waals surface area contributed by atoms with Crippen molar-refractivity contribution in [1.29, 1.82) is 0 Å². The third-order valence-electron chi connectivity index (χ3n) is 5.36. The molecule has 0 spiro atoms. The lowest BCUT2D eigenvalue weighted by Crippen LogP contribution is -2.39. The van der Waals surface area contributed by atoms with Crippen LogP contribution >= 0.6 is 24.0 Å². The number of methoxy groups -OCH3 is 3. The van der Waals surface area contributed by atoms with Crippen LogP contribution in [0.4, 0.5) is 0 Å². The summed E-state index contributed by atoms with van der Waals surface area (Å²) < 4.78 is 16.3. The minimum atomic E-state index is 0. The van der Waals surface area contributed by atoms with E-state index in [1.807, 2.05) is 12.1 Å². The Balaban J connectivity index is 0.00000450. The van der Waals surface area contributed by atoms with E-state index in [1.54, 1.807) is 21.3 Å². The van der Waals surface area contributed by atoms with Gasteiger partial charge in [-0.3, -0.25) is 0 Å². The molecule has 0 aliphatic carbocycles. The SMILES string of the molecule is CCNC(=NCc1cc(OC)c(OC)cc1OC)NCCCN1CCC(C)CC1.I. The molecule has 0 saturated carbocycles. The number of rotatable bonds is 10. The summed E-state index contributed by atoms with van der Waals surface area (Å²) in [4.78, 5) is 7.29. The zero-order valence-electron chi connectivity index (χ0n) is 19.1. The summed E-state index contributed by atoms with van der Waals surface area (Å²) in [5, 5.41) is 6.76. The number of piperidine rings is 1. The minimum Gasteiger partial charge on any atom is -0.496 e. The Bertz CT molecular complexity index is 650. The molecule has 1 aliphatic rings. The largest absolute Gasteiger partial charge is 0.496 e. The van der Waals surface area contributed by atoms with Gasteiger partial charge in [-0.2, -0.15) is 0 Å². The average Bonchev–Trinajstić information content (AvgIpc) is 2.75. The fourth-order valence-corrected chi connectivity index (χ4v) is 3.52. The number of guanidine groups is 1. The molecule has 172 valence electrons. The number of nitrogens with zero attached hydrogens (tertiary/aromatic N) is 2. The van der Waals surface area contributed by atoms with Crippen LogP contribution in [0.25, 0.3) is 0 Å². The van der Waals surface area contributed by atoms with Crippen LogP contribution in [0.1, 0.15) is 38.7 Å². The molecular formula is C22H39IN4O3. The van der Waals surface area contributed by atoms with E-state index >= 15 is 0 Å². The number of hydrogen-bond donors (Lipinski definition) is 2. The molecule has 1 aliphatic heterocycles. The van der Waals surface area contributed by atoms with Crippen molar-refractivity contribution in [2.75, 3.05) is 54.1 Å². The lowest BCUT2D eigenvalue weighted by Gasteiger charge is -2.30. The van der Waals surface area contributed by atoms with Crippen LogP contribution in [-0.4, -0.2) is 64.9 Å². The molecule has 1 aromatic rings. The highest BCUT2D eigenvalue weighted by atomic mass is 127. The number of ether oxygens (including phenoxy) is 3. The van der Waals surface area contributed by atoms with E-state index in [9.17, 15) is 0 Å². The molecule has 7 nitrogen and oxygen atoms in total. The van der Waals surface area contributed by atoms with Crippen molar-refractivity contribution in [3.05, 3.63) is 17.7 Å². The van der Waals surface area contributed by atoms with Crippen molar-refractivity contribution in [2.24, 2.45) is 10.9 Å². The van der Waals surface area contributed by atoms with Crippen molar-refractivity contribution in [3.8, 4) is 17.2 Å². The van der Waals surface area contributed by atoms with Gasteiger partial charge in [0, 0.05) is 24.7 Å². The van der Waals surface area contributed by atoms with Gasteiger partial charge >= 0.3 is 0 Å². The molecule has 1 heterocycles. The van der Waals surface area contributed by atoms with Crippen LogP contribution in [-0.2, 0) is 6.54 Å². The van der Waals surface area contributed by atoms with Gasteiger partial charge < -0.3 is 29.7 Å². The van der Waals surface area contributed by atoms with Gasteiger partial charge in [-0.25, -0.2) is 4.99 Å². The molecule has 1 fully saturated rings. The Labute approximate surface area is 199 Å². The van der Waals surface area contributed by atoms with E-state index in [0.29, 0.717) is 18.0 Å². The summed E-state index contributed by atoms with van der Waals surface area (Å²) >= 11 is 0. The first-order valence-electron chi connectivity index (χ1n) is 10.6. The maximum atomic E-state index is 5.50. The van der Waals surface area contributed by atoms with Gasteiger partial charge in [0.2, 0.25) is 0 Å². The molecular weight excluding hydrogens is 495 g/mol. The summed E-state index contributed by atoms with van der Waals surface area (Å²) in [5.74, 6) is 3.75. The van der Waals surface area contributed by atoms with Crippen LogP contribution in [0.2, 0.25) is 0 Å². The van der Waals surface area contributed by atoms with Crippen molar-refractivity contribution in [1.82, 2.24) is 15.5 Å². The van der Waals surface area contributed by atoms with Crippen LogP contribution in [0.3, 0.4) is 0 Å². The quantitative estimate of drug-likeness (QED) is 0.207. The number of nitrogens with one attached hydrogen (secondary N) is 2. The fraction of sp³-hybridized carbons (Fsp3) is 0.682. The third-order valence-corrected chi connectivity index (χ3v) is 5.36. The van der Waals surface area contributed by atoms with E-state index in [-0.39, 0.29) is 24.0 Å². The van der Waals surface area contributed by atoms with Crippen molar-refractivity contribution in [2.45, 2.75) is 39.7 Å². The second-order valence-electron chi connectivity index (χ2n) is 7.52. The molecule has 0 bridgehead atoms. The van der Waals surface area contributed by atoms with E-state index in [2.05, 4.69) is 29.4 Å². The van der Waals surface area contributed by atoms with Gasteiger partial charge in [0.15, 0.2) is 17.5 Å². The molecule has 1 aromatic carbocycles. The molecule has 0 atom stereocenters. The topological polar surface area (TPSA) is 67.4 Å². The second-order valence-corrected chi connectivity index (χ2v) is 7.52. The van der Waals surface area contributed by atoms with Crippen molar-refractivity contribution < 1.29 is 14.2 Å². The molecule has 0 aromatic heterocycles. The molecule has 30 heavy (non-hydrogen) atoms. The highest BCUT2D eigenvalue weighted by molar-refractivity contribution is 14.0. The summed E-state index contributed by atoms with van der Waals surface area (Å²) in [5.41, 5.74) is 0.949. The molecule has 2 rings (SSSR count). The number of hydrogen-bond acceptors (Lipinski definition) is 5. The predicted octanol–water partition coefficient (Wildman–Crippen LogP) is 3.51. The first-order valence-corrected chi connectivity index (χ1v) is 10.6. The lowest BCUT2D eigenvalue weighted by molar-refractivity contribution is 0.191. The van der Waals surface area contributed by atoms with E-state index < -0.39 is 0 Å². The number of likely N-dealkylation sites (tertiary alicyclic amines) is 1. The molecule has 2 N–H and O–H groups in total. The zero-order valence-corrected chi connectivity index (χ0v) is 21.5. The minimum absolute atomic E-state index is 0. The second kappa shape index (κ2) is 14.6. The van der Waals surface area contributed by atoms with Gasteiger partial charge in [0.05, 0.1) is 27.9 Å². The lowest BCUT2D eigenvalue weighted by atomic mass is 9.99. The Morgan fingerprint density at radius 1 is 1.03 bits per heavy atom. The summed E-state index contributed by atoms with van der Waals surface area (Å²) in [6.07, 6.45) is 3.76. The van der Waals surface area contributed by atoms with Crippen LogP contribution in [0, 0.1) is 5.92 Å². The highest BCUT2D eigenvalue weighted by Gasteiger charge is 2.15. The first-order chi connectivity index (χ1) is 14.1. The standard InChI is InChI=1S/C22H38N4O3.HI/c1-6-23-22(24-10-7-11-26-12-8-17(2)9-13-26)25-16-18-14-20(28-4)21(29-5)15-19(18)27-3;/h14-15,17H,6-13,16H2,1-5H3,(H2,23,24,25);1H. The van der Waals surface area contributed by atoms with Gasteiger partial charge in [0.1, 0.15) is 5.75 Å². The van der Waals surface area contributed by atoms with Gasteiger partial charge in [-0.1, -0.05) is 6.92 Å². The smallest absolute Gasteiger partial charge is 0.191 e. The van der Waals surface area contributed by atoms with Crippen molar-refractivity contribution in [3.63, 3.8) is 0 Å². The number of aliphatic imine (C=N–C) groups is 1. The molecule has 1 saturated heterocycles. The van der Waals surface area contributed by atoms with E-state index in [0.717, 1.165) is 49.2 Å². The Hall–Kier alpha value is -1.42. The summed E-state index contributed by atoms with van der Waals surface area (Å²) in [7, 11) is 4.90. The van der Waals surface area contributed by atoms with E-state index in [4.69, 9.17) is 19.2 Å². The maximum Gasteiger partial charge on any atom is 0.191 e. The average molecular weight is 534 g/mol. The Kier molecular flexibility index (Phi) is 12.9. The number of halogens is 1. The Morgan fingerprint density at radius 2 is 1.67 bits per heavy atom. The van der Waals surface area contributed by atoms with Gasteiger partial charge in [-0.05, 0) is 57.8 Å². The van der Waals surface area contributed by atoms with Crippen molar-refractivity contribution >= 4 is 29.9 Å². The van der Waals surface area contributed by atoms with Crippen LogP contribution in [0.5, 0.6) is 17.2 Å². The Morgan fingerprint density at radius 3 is 2.27 bits per heavy atom. The maximum absolute atomic E-state index is 5.50. The highest BCUT2D eigenvalue weighted by Crippen LogP contribution is 2.34.